The van der Waals surface area contributed by atoms with Crippen molar-refractivity contribution in [2.24, 2.45) is 5.92 Å². The highest BCUT2D eigenvalue weighted by Gasteiger charge is 2.36. The van der Waals surface area contributed by atoms with Crippen LogP contribution in [0.5, 0.6) is 11.5 Å². The van der Waals surface area contributed by atoms with Gasteiger partial charge in [-0.1, -0.05) is 23.7 Å². The normalized spacial score (nSPS) is 22.5. The Labute approximate surface area is 280 Å². The van der Waals surface area contributed by atoms with Gasteiger partial charge in [-0.05, 0) is 118 Å². The third-order valence-corrected chi connectivity index (χ3v) is 10.4. The fourth-order valence-electron chi connectivity index (χ4n) is 7.57. The minimum absolute atomic E-state index is 0.0150. The third-order valence-electron chi connectivity index (χ3n) is 10.1. The summed E-state index contributed by atoms with van der Waals surface area (Å²) >= 11 is 6.29. The molecule has 0 aromatic heterocycles. The van der Waals surface area contributed by atoms with Crippen LogP contribution in [0.15, 0.2) is 60.7 Å². The molecule has 3 aromatic rings. The van der Waals surface area contributed by atoms with Crippen LogP contribution in [0.3, 0.4) is 0 Å². The van der Waals surface area contributed by atoms with Gasteiger partial charge in [-0.2, -0.15) is 0 Å². The largest absolute Gasteiger partial charge is 0.493 e. The van der Waals surface area contributed by atoms with Crippen LogP contribution in [0.25, 0.3) is 0 Å². The standard InChI is InChI=1S/C38H49ClN4O3/c1-26(2)46-36-24-34-29(22-35(36)45-5)23-37(44)43(38(34)28-8-10-30(39)11-9-28)33-16-14-31(15-17-33)41(4)25-27-6-12-32(13-7-27)42-20-18-40(3)19-21-42/h8-11,14-17,22,24,26-27,32,38H,6-7,12-13,18-21,23,25H2,1-5H3/t27?,32?,38-/m0/s1. The Bertz CT molecular complexity index is 1480. The first kappa shape index (κ1) is 32.7. The molecule has 7 nitrogen and oxygen atoms in total. The average molecular weight is 645 g/mol. The van der Waals surface area contributed by atoms with E-state index in [0.717, 1.165) is 35.0 Å². The molecule has 0 spiro atoms. The number of halogens is 1. The molecule has 0 N–H and O–H groups in total. The second kappa shape index (κ2) is 14.2. The van der Waals surface area contributed by atoms with Crippen molar-refractivity contribution in [2.45, 2.75) is 64.1 Å². The SMILES string of the molecule is COc1cc2c(cc1OC(C)C)[C@H](c1ccc(Cl)cc1)N(c1ccc(N(C)CC3CCC(N4CCN(C)CC4)CC3)cc1)C(=O)C2. The molecular formula is C38H49ClN4O3. The van der Waals surface area contributed by atoms with Gasteiger partial charge in [-0.25, -0.2) is 0 Å². The number of carbonyl (C=O) groups excluding carboxylic acids is 1. The molecule has 8 heteroatoms. The molecule has 0 unspecified atom stereocenters. The van der Waals surface area contributed by atoms with Gasteiger partial charge in [0.15, 0.2) is 11.5 Å². The smallest absolute Gasteiger partial charge is 0.232 e. The van der Waals surface area contributed by atoms with E-state index in [-0.39, 0.29) is 24.5 Å². The summed E-state index contributed by atoms with van der Waals surface area (Å²) < 4.78 is 11.8. The Balaban J connectivity index is 1.20. The van der Waals surface area contributed by atoms with Gasteiger partial charge in [-0.3, -0.25) is 9.69 Å². The first-order valence-electron chi connectivity index (χ1n) is 16.9. The molecular weight excluding hydrogens is 596 g/mol. The lowest BCUT2D eigenvalue weighted by molar-refractivity contribution is -0.118. The van der Waals surface area contributed by atoms with Crippen LogP contribution >= 0.6 is 11.6 Å². The van der Waals surface area contributed by atoms with Crippen molar-refractivity contribution in [3.8, 4) is 11.5 Å². The van der Waals surface area contributed by atoms with Gasteiger partial charge in [-0.15, -0.1) is 0 Å². The lowest BCUT2D eigenvalue weighted by Crippen LogP contribution is -2.50. The number of benzene rings is 3. The Morgan fingerprint density at radius 2 is 1.59 bits per heavy atom. The summed E-state index contributed by atoms with van der Waals surface area (Å²) in [4.78, 5) is 23.4. The molecule has 1 saturated carbocycles. The molecule has 2 fully saturated rings. The molecule has 1 amide bonds. The van der Waals surface area contributed by atoms with Crippen LogP contribution in [-0.4, -0.2) is 81.8 Å². The lowest BCUT2D eigenvalue weighted by Gasteiger charge is -2.41. The minimum atomic E-state index is -0.326. The van der Waals surface area contributed by atoms with Crippen molar-refractivity contribution in [3.05, 3.63) is 82.4 Å². The molecule has 1 saturated heterocycles. The first-order chi connectivity index (χ1) is 22.2. The molecule has 0 bridgehead atoms. The Morgan fingerprint density at radius 3 is 2.22 bits per heavy atom. The van der Waals surface area contributed by atoms with Crippen molar-refractivity contribution in [3.63, 3.8) is 0 Å². The summed E-state index contributed by atoms with van der Waals surface area (Å²) in [7, 11) is 6.07. The van der Waals surface area contributed by atoms with Crippen LogP contribution in [0.2, 0.25) is 5.02 Å². The van der Waals surface area contributed by atoms with Gasteiger partial charge < -0.3 is 24.2 Å². The molecule has 46 heavy (non-hydrogen) atoms. The number of hydrogen-bond donors (Lipinski definition) is 0. The fourth-order valence-corrected chi connectivity index (χ4v) is 7.69. The number of carbonyl (C=O) groups is 1. The van der Waals surface area contributed by atoms with Gasteiger partial charge in [0.25, 0.3) is 0 Å². The average Bonchev–Trinajstić information content (AvgIpc) is 3.05. The number of anilines is 2. The number of ether oxygens (including phenoxy) is 2. The molecule has 2 aliphatic heterocycles. The summed E-state index contributed by atoms with van der Waals surface area (Å²) in [5.41, 5.74) is 5.03. The van der Waals surface area contributed by atoms with Gasteiger partial charge in [0.2, 0.25) is 5.91 Å². The van der Waals surface area contributed by atoms with E-state index in [9.17, 15) is 4.79 Å². The molecule has 1 aliphatic carbocycles. The zero-order valence-corrected chi connectivity index (χ0v) is 28.8. The number of likely N-dealkylation sites (N-methyl/N-ethyl adjacent to an activating group) is 1. The summed E-state index contributed by atoms with van der Waals surface area (Å²) in [6.45, 7) is 9.87. The highest BCUT2D eigenvalue weighted by Crippen LogP contribution is 2.44. The topological polar surface area (TPSA) is 48.5 Å². The highest BCUT2D eigenvalue weighted by molar-refractivity contribution is 6.30. The summed E-state index contributed by atoms with van der Waals surface area (Å²) in [5, 5.41) is 0.663. The van der Waals surface area contributed by atoms with Crippen LogP contribution in [-0.2, 0) is 11.2 Å². The van der Waals surface area contributed by atoms with Crippen LogP contribution in [0, 0.1) is 5.92 Å². The predicted octanol–water partition coefficient (Wildman–Crippen LogP) is 7.06. The maximum absolute atomic E-state index is 13.9. The lowest BCUT2D eigenvalue weighted by atomic mass is 9.84. The summed E-state index contributed by atoms with van der Waals surface area (Å²) in [5.74, 6) is 2.08. The zero-order chi connectivity index (χ0) is 32.4. The number of rotatable bonds is 9. The maximum Gasteiger partial charge on any atom is 0.232 e. The number of amides is 1. The van der Waals surface area contributed by atoms with E-state index in [1.54, 1.807) is 7.11 Å². The van der Waals surface area contributed by atoms with Gasteiger partial charge in [0.05, 0.1) is 25.7 Å². The van der Waals surface area contributed by atoms with E-state index < -0.39 is 0 Å². The van der Waals surface area contributed by atoms with E-state index in [2.05, 4.69) is 53.1 Å². The number of methoxy groups -OCH3 is 1. The number of piperazine rings is 1. The second-order valence-electron chi connectivity index (χ2n) is 13.7. The van der Waals surface area contributed by atoms with E-state index >= 15 is 0 Å². The Hall–Kier alpha value is -3.26. The Kier molecular flexibility index (Phi) is 10.1. The van der Waals surface area contributed by atoms with Crippen molar-refractivity contribution in [1.29, 1.82) is 0 Å². The summed E-state index contributed by atoms with van der Waals surface area (Å²) in [6.07, 6.45) is 5.46. The third kappa shape index (κ3) is 7.17. The van der Waals surface area contributed by atoms with E-state index in [1.807, 2.05) is 55.1 Å². The number of hydrogen-bond acceptors (Lipinski definition) is 6. The van der Waals surface area contributed by atoms with Crippen LogP contribution in [0.4, 0.5) is 11.4 Å². The fraction of sp³-hybridized carbons (Fsp3) is 0.500. The monoisotopic (exact) mass is 644 g/mol. The van der Waals surface area contributed by atoms with Crippen molar-refractivity contribution >= 4 is 28.9 Å². The van der Waals surface area contributed by atoms with Crippen LogP contribution < -0.4 is 19.3 Å². The quantitative estimate of drug-likeness (QED) is 0.249. The molecule has 2 heterocycles. The van der Waals surface area contributed by atoms with Gasteiger partial charge >= 0.3 is 0 Å². The minimum Gasteiger partial charge on any atom is -0.493 e. The van der Waals surface area contributed by atoms with Gasteiger partial charge in [0.1, 0.15) is 0 Å². The number of fused-ring (bicyclic) bond motifs is 1. The summed E-state index contributed by atoms with van der Waals surface area (Å²) in [6, 6.07) is 20.7. The molecule has 0 radical (unpaired) electrons. The zero-order valence-electron chi connectivity index (χ0n) is 28.0. The molecule has 3 aliphatic rings. The van der Waals surface area contributed by atoms with E-state index in [1.165, 1.54) is 57.5 Å². The molecule has 246 valence electrons. The van der Waals surface area contributed by atoms with E-state index in [0.29, 0.717) is 22.4 Å². The molecule has 6 rings (SSSR count). The van der Waals surface area contributed by atoms with Gasteiger partial charge in [0, 0.05) is 62.2 Å². The molecule has 3 aromatic carbocycles. The molecule has 1 atom stereocenters. The second-order valence-corrected chi connectivity index (χ2v) is 14.1. The first-order valence-corrected chi connectivity index (χ1v) is 17.3. The maximum atomic E-state index is 13.9. The van der Waals surface area contributed by atoms with Crippen molar-refractivity contribution in [2.75, 3.05) is 63.7 Å². The Morgan fingerprint density at radius 1 is 0.913 bits per heavy atom. The highest BCUT2D eigenvalue weighted by atomic mass is 35.5. The van der Waals surface area contributed by atoms with Crippen molar-refractivity contribution < 1.29 is 14.3 Å². The van der Waals surface area contributed by atoms with Crippen molar-refractivity contribution in [1.82, 2.24) is 9.80 Å². The predicted molar refractivity (Wildman–Crippen MR) is 188 cm³/mol. The number of nitrogens with zero attached hydrogens (tertiary/aromatic N) is 4. The van der Waals surface area contributed by atoms with Crippen LogP contribution in [0.1, 0.15) is 62.3 Å². The van der Waals surface area contributed by atoms with E-state index in [4.69, 9.17) is 21.1 Å².